The predicted molar refractivity (Wildman–Crippen MR) is 76.2 cm³/mol. The minimum atomic E-state index is 0.0534. The maximum Gasteiger partial charge on any atom is 0.0712 e. The SMILES string of the molecule is CCc1cccc(C(NN)c2ccccc2C)c1. The molecule has 0 aliphatic heterocycles. The molecule has 0 saturated carbocycles. The quantitative estimate of drug-likeness (QED) is 0.636. The maximum atomic E-state index is 5.75. The summed E-state index contributed by atoms with van der Waals surface area (Å²) < 4.78 is 0. The Kier molecular flexibility index (Phi) is 4.13. The van der Waals surface area contributed by atoms with Gasteiger partial charge < -0.3 is 0 Å². The van der Waals surface area contributed by atoms with Crippen LogP contribution in [0.4, 0.5) is 0 Å². The smallest absolute Gasteiger partial charge is 0.0712 e. The van der Waals surface area contributed by atoms with Gasteiger partial charge in [-0.1, -0.05) is 55.5 Å². The van der Waals surface area contributed by atoms with Gasteiger partial charge in [0.2, 0.25) is 0 Å². The van der Waals surface area contributed by atoms with Crippen molar-refractivity contribution in [3.8, 4) is 0 Å². The van der Waals surface area contributed by atoms with Crippen LogP contribution >= 0.6 is 0 Å². The van der Waals surface area contributed by atoms with Gasteiger partial charge in [-0.2, -0.15) is 0 Å². The zero-order valence-electron chi connectivity index (χ0n) is 11.0. The third kappa shape index (κ3) is 2.61. The second kappa shape index (κ2) is 5.80. The normalized spacial score (nSPS) is 12.4. The summed E-state index contributed by atoms with van der Waals surface area (Å²) in [6, 6.07) is 17.0. The molecule has 0 aromatic heterocycles. The Bertz CT molecular complexity index is 520. The minimum Gasteiger partial charge on any atom is -0.271 e. The van der Waals surface area contributed by atoms with Crippen molar-refractivity contribution in [2.24, 2.45) is 5.84 Å². The zero-order chi connectivity index (χ0) is 13.0. The van der Waals surface area contributed by atoms with Gasteiger partial charge in [0.1, 0.15) is 0 Å². The molecule has 2 rings (SSSR count). The summed E-state index contributed by atoms with van der Waals surface area (Å²) in [5.41, 5.74) is 7.96. The van der Waals surface area contributed by atoms with E-state index < -0.39 is 0 Å². The number of rotatable bonds is 4. The number of benzene rings is 2. The summed E-state index contributed by atoms with van der Waals surface area (Å²) in [6.45, 7) is 4.28. The van der Waals surface area contributed by atoms with Gasteiger partial charge in [-0.25, -0.2) is 5.43 Å². The van der Waals surface area contributed by atoms with Crippen molar-refractivity contribution in [3.05, 3.63) is 70.8 Å². The van der Waals surface area contributed by atoms with E-state index in [2.05, 4.69) is 67.8 Å². The van der Waals surface area contributed by atoms with Crippen molar-refractivity contribution in [2.75, 3.05) is 0 Å². The molecule has 2 aromatic carbocycles. The van der Waals surface area contributed by atoms with Crippen molar-refractivity contribution in [3.63, 3.8) is 0 Å². The minimum absolute atomic E-state index is 0.0534. The van der Waals surface area contributed by atoms with Crippen LogP contribution in [-0.4, -0.2) is 0 Å². The Morgan fingerprint density at radius 2 is 1.89 bits per heavy atom. The van der Waals surface area contributed by atoms with E-state index >= 15 is 0 Å². The number of nitrogens with two attached hydrogens (primary N) is 1. The largest absolute Gasteiger partial charge is 0.271 e. The van der Waals surface area contributed by atoms with E-state index in [9.17, 15) is 0 Å². The van der Waals surface area contributed by atoms with Crippen LogP contribution in [-0.2, 0) is 6.42 Å². The summed E-state index contributed by atoms with van der Waals surface area (Å²) in [5.74, 6) is 5.75. The molecule has 2 aromatic rings. The highest BCUT2D eigenvalue weighted by atomic mass is 15.2. The number of aryl methyl sites for hydroxylation is 2. The average molecular weight is 240 g/mol. The molecule has 0 aliphatic rings. The van der Waals surface area contributed by atoms with Gasteiger partial charge in [0.25, 0.3) is 0 Å². The summed E-state index contributed by atoms with van der Waals surface area (Å²) in [7, 11) is 0. The molecule has 0 aliphatic carbocycles. The Morgan fingerprint density at radius 1 is 1.11 bits per heavy atom. The van der Waals surface area contributed by atoms with E-state index in [4.69, 9.17) is 5.84 Å². The lowest BCUT2D eigenvalue weighted by molar-refractivity contribution is 0.633. The van der Waals surface area contributed by atoms with Crippen LogP contribution in [0.5, 0.6) is 0 Å². The second-order valence-corrected chi connectivity index (χ2v) is 4.55. The Hall–Kier alpha value is -1.64. The van der Waals surface area contributed by atoms with E-state index in [0.717, 1.165) is 6.42 Å². The first-order valence-corrected chi connectivity index (χ1v) is 6.36. The molecule has 3 N–H and O–H groups in total. The first-order chi connectivity index (χ1) is 8.76. The summed E-state index contributed by atoms with van der Waals surface area (Å²) in [6.07, 6.45) is 1.04. The molecule has 0 saturated heterocycles. The zero-order valence-corrected chi connectivity index (χ0v) is 11.0. The predicted octanol–water partition coefficient (Wildman–Crippen LogP) is 3.11. The molecular weight excluding hydrogens is 220 g/mol. The fourth-order valence-electron chi connectivity index (χ4n) is 2.27. The van der Waals surface area contributed by atoms with Crippen molar-refractivity contribution < 1.29 is 0 Å². The number of hydrazine groups is 1. The van der Waals surface area contributed by atoms with Gasteiger partial charge in [-0.05, 0) is 35.6 Å². The van der Waals surface area contributed by atoms with Crippen molar-refractivity contribution in [1.29, 1.82) is 0 Å². The molecule has 0 heterocycles. The van der Waals surface area contributed by atoms with Gasteiger partial charge in [0, 0.05) is 0 Å². The first kappa shape index (κ1) is 12.8. The highest BCUT2D eigenvalue weighted by Crippen LogP contribution is 2.24. The van der Waals surface area contributed by atoms with Crippen molar-refractivity contribution in [1.82, 2.24) is 5.43 Å². The van der Waals surface area contributed by atoms with Gasteiger partial charge in [0.05, 0.1) is 6.04 Å². The molecule has 18 heavy (non-hydrogen) atoms. The van der Waals surface area contributed by atoms with Gasteiger partial charge >= 0.3 is 0 Å². The van der Waals surface area contributed by atoms with Crippen molar-refractivity contribution in [2.45, 2.75) is 26.3 Å². The van der Waals surface area contributed by atoms with Crippen LogP contribution in [0.2, 0.25) is 0 Å². The van der Waals surface area contributed by atoms with Crippen LogP contribution < -0.4 is 11.3 Å². The fourth-order valence-corrected chi connectivity index (χ4v) is 2.27. The summed E-state index contributed by atoms with van der Waals surface area (Å²) >= 11 is 0. The number of hydrogen-bond donors (Lipinski definition) is 2. The molecule has 1 atom stereocenters. The van der Waals surface area contributed by atoms with E-state index in [-0.39, 0.29) is 6.04 Å². The van der Waals surface area contributed by atoms with Crippen LogP contribution in [0.15, 0.2) is 48.5 Å². The van der Waals surface area contributed by atoms with Crippen LogP contribution in [0.25, 0.3) is 0 Å². The molecule has 0 fully saturated rings. The average Bonchev–Trinajstić information content (AvgIpc) is 2.42. The fraction of sp³-hybridized carbons (Fsp3) is 0.250. The van der Waals surface area contributed by atoms with E-state index in [1.807, 2.05) is 0 Å². The van der Waals surface area contributed by atoms with Gasteiger partial charge in [-0.3, -0.25) is 5.84 Å². The van der Waals surface area contributed by atoms with Gasteiger partial charge in [-0.15, -0.1) is 0 Å². The molecule has 0 radical (unpaired) electrons. The third-order valence-electron chi connectivity index (χ3n) is 3.36. The van der Waals surface area contributed by atoms with E-state index in [1.165, 1.54) is 22.3 Å². The van der Waals surface area contributed by atoms with Crippen molar-refractivity contribution >= 4 is 0 Å². The molecule has 0 amide bonds. The summed E-state index contributed by atoms with van der Waals surface area (Å²) in [4.78, 5) is 0. The first-order valence-electron chi connectivity index (χ1n) is 6.36. The molecule has 94 valence electrons. The van der Waals surface area contributed by atoms with Crippen LogP contribution in [0.3, 0.4) is 0 Å². The molecule has 2 heteroatoms. The Labute approximate surface area is 109 Å². The number of nitrogens with one attached hydrogen (secondary N) is 1. The lowest BCUT2D eigenvalue weighted by atomic mass is 9.94. The van der Waals surface area contributed by atoms with Crippen LogP contribution in [0, 0.1) is 6.92 Å². The highest BCUT2D eigenvalue weighted by Gasteiger charge is 2.14. The number of hydrogen-bond acceptors (Lipinski definition) is 2. The molecular formula is C16H20N2. The summed E-state index contributed by atoms with van der Waals surface area (Å²) in [5, 5.41) is 0. The Balaban J connectivity index is 2.42. The van der Waals surface area contributed by atoms with Crippen LogP contribution in [0.1, 0.15) is 35.2 Å². The standard InChI is InChI=1S/C16H20N2/c1-3-13-8-6-9-14(11-13)16(18-17)15-10-5-4-7-12(15)2/h4-11,16,18H,3,17H2,1-2H3. The molecule has 2 nitrogen and oxygen atoms in total. The lowest BCUT2D eigenvalue weighted by Crippen LogP contribution is -2.29. The van der Waals surface area contributed by atoms with E-state index in [1.54, 1.807) is 0 Å². The third-order valence-corrected chi connectivity index (χ3v) is 3.36. The Morgan fingerprint density at radius 3 is 2.56 bits per heavy atom. The monoisotopic (exact) mass is 240 g/mol. The molecule has 1 unspecified atom stereocenters. The lowest BCUT2D eigenvalue weighted by Gasteiger charge is -2.19. The second-order valence-electron chi connectivity index (χ2n) is 4.55. The highest BCUT2D eigenvalue weighted by molar-refractivity contribution is 5.38. The van der Waals surface area contributed by atoms with E-state index in [0.29, 0.717) is 0 Å². The maximum absolute atomic E-state index is 5.75. The molecule has 0 bridgehead atoms. The molecule has 0 spiro atoms. The van der Waals surface area contributed by atoms with Gasteiger partial charge in [0.15, 0.2) is 0 Å². The topological polar surface area (TPSA) is 38.0 Å².